The van der Waals surface area contributed by atoms with Crippen LogP contribution in [0.3, 0.4) is 0 Å². The first-order valence-corrected chi connectivity index (χ1v) is 15.3. The van der Waals surface area contributed by atoms with Gasteiger partial charge in [0.15, 0.2) is 0 Å². The Bertz CT molecular complexity index is 2490. The lowest BCUT2D eigenvalue weighted by Crippen LogP contribution is -1.93. The van der Waals surface area contributed by atoms with E-state index in [9.17, 15) is 0 Å². The minimum absolute atomic E-state index is 1.01. The summed E-state index contributed by atoms with van der Waals surface area (Å²) < 4.78 is 1.20. The van der Waals surface area contributed by atoms with Gasteiger partial charge in [0.2, 0.25) is 0 Å². The second-order valence-electron chi connectivity index (χ2n) is 11.0. The lowest BCUT2D eigenvalue weighted by atomic mass is 9.90. The van der Waals surface area contributed by atoms with Gasteiger partial charge in [0.05, 0.1) is 21.4 Å². The van der Waals surface area contributed by atoms with Crippen LogP contribution in [-0.2, 0) is 0 Å². The van der Waals surface area contributed by atoms with Crippen molar-refractivity contribution >= 4 is 64.8 Å². The van der Waals surface area contributed by atoms with E-state index in [1.54, 1.807) is 11.3 Å². The van der Waals surface area contributed by atoms with Crippen molar-refractivity contribution in [1.82, 2.24) is 9.97 Å². The predicted molar refractivity (Wildman–Crippen MR) is 184 cm³/mol. The Morgan fingerprint density at radius 2 is 0.953 bits per heavy atom. The van der Waals surface area contributed by atoms with E-state index in [2.05, 4.69) is 140 Å². The largest absolute Gasteiger partial charge is 0.247 e. The van der Waals surface area contributed by atoms with Gasteiger partial charge < -0.3 is 0 Å². The minimum atomic E-state index is 1.01. The van der Waals surface area contributed by atoms with Crippen LogP contribution < -0.4 is 0 Å². The van der Waals surface area contributed by atoms with Gasteiger partial charge in [0, 0.05) is 27.3 Å². The van der Waals surface area contributed by atoms with E-state index in [0.29, 0.717) is 0 Å². The average Bonchev–Trinajstić information content (AvgIpc) is 3.52. The van der Waals surface area contributed by atoms with Crippen LogP contribution in [0.15, 0.2) is 146 Å². The molecule has 200 valence electrons. The quantitative estimate of drug-likeness (QED) is 0.199. The van der Waals surface area contributed by atoms with Crippen LogP contribution in [-0.4, -0.2) is 9.97 Å². The number of thiazole rings is 1. The van der Waals surface area contributed by atoms with E-state index in [-0.39, 0.29) is 0 Å². The highest BCUT2D eigenvalue weighted by molar-refractivity contribution is 7.21. The van der Waals surface area contributed by atoms with Crippen molar-refractivity contribution in [1.29, 1.82) is 0 Å². The smallest absolute Gasteiger partial charge is 0.124 e. The summed E-state index contributed by atoms with van der Waals surface area (Å²) in [4.78, 5) is 10.3. The molecule has 9 aromatic rings. The standard InChI is InChI=1S/C40H24N2S/c1-2-10-27(11-3-1)40-42-35-24-28(22-23-36(35)43-40)25-18-20-26(21-19-25)39-38-32-15-7-5-13-30(32)29-12-4-6-14-31(29)37(38)33-16-8-9-17-34(33)41-39/h1-24H. The zero-order valence-corrected chi connectivity index (χ0v) is 24.0. The number of hydrogen-bond donors (Lipinski definition) is 0. The van der Waals surface area contributed by atoms with Crippen molar-refractivity contribution < 1.29 is 0 Å². The maximum absolute atomic E-state index is 5.30. The molecule has 7 aromatic carbocycles. The van der Waals surface area contributed by atoms with Gasteiger partial charge >= 0.3 is 0 Å². The lowest BCUT2D eigenvalue weighted by Gasteiger charge is -2.16. The third kappa shape index (κ3) is 3.86. The zero-order valence-electron chi connectivity index (χ0n) is 23.2. The molecule has 2 nitrogen and oxygen atoms in total. The zero-order chi connectivity index (χ0) is 28.3. The summed E-state index contributed by atoms with van der Waals surface area (Å²) in [5, 5.41) is 9.74. The topological polar surface area (TPSA) is 25.8 Å². The maximum atomic E-state index is 5.30. The number of rotatable bonds is 3. The van der Waals surface area contributed by atoms with Gasteiger partial charge in [-0.15, -0.1) is 11.3 Å². The molecule has 0 bridgehead atoms. The lowest BCUT2D eigenvalue weighted by molar-refractivity contribution is 1.43. The van der Waals surface area contributed by atoms with Crippen LogP contribution >= 0.6 is 11.3 Å². The summed E-state index contributed by atoms with van der Waals surface area (Å²) >= 11 is 1.74. The fourth-order valence-corrected chi connectivity index (χ4v) is 7.42. The van der Waals surface area contributed by atoms with Crippen LogP contribution in [0.4, 0.5) is 0 Å². The van der Waals surface area contributed by atoms with Gasteiger partial charge in [0.1, 0.15) is 5.01 Å². The summed E-state index contributed by atoms with van der Waals surface area (Å²) in [7, 11) is 0. The first kappa shape index (κ1) is 24.2. The highest BCUT2D eigenvalue weighted by atomic mass is 32.1. The Labute approximate surface area is 252 Å². The molecule has 0 aliphatic carbocycles. The van der Waals surface area contributed by atoms with Crippen LogP contribution in [0.2, 0.25) is 0 Å². The molecule has 0 aliphatic rings. The predicted octanol–water partition coefficient (Wildman–Crippen LogP) is 11.3. The molecule has 0 amide bonds. The highest BCUT2D eigenvalue weighted by Gasteiger charge is 2.17. The van der Waals surface area contributed by atoms with Crippen LogP contribution in [0.25, 0.3) is 86.4 Å². The third-order valence-electron chi connectivity index (χ3n) is 8.48. The number of aromatic nitrogens is 2. The molecule has 3 heteroatoms. The van der Waals surface area contributed by atoms with Crippen LogP contribution in [0.1, 0.15) is 0 Å². The molecule has 9 rings (SSSR count). The van der Waals surface area contributed by atoms with Crippen molar-refractivity contribution in [3.8, 4) is 33.0 Å². The van der Waals surface area contributed by atoms with E-state index in [4.69, 9.17) is 9.97 Å². The summed E-state index contributed by atoms with van der Waals surface area (Å²) in [6, 6.07) is 51.9. The van der Waals surface area contributed by atoms with E-state index in [0.717, 1.165) is 38.4 Å². The van der Waals surface area contributed by atoms with Crippen LogP contribution in [0.5, 0.6) is 0 Å². The summed E-state index contributed by atoms with van der Waals surface area (Å²) in [6.07, 6.45) is 0. The van der Waals surface area contributed by atoms with Crippen LogP contribution in [0, 0.1) is 0 Å². The Morgan fingerprint density at radius 3 is 1.70 bits per heavy atom. The van der Waals surface area contributed by atoms with Gasteiger partial charge in [-0.25, -0.2) is 9.97 Å². The molecule has 2 aromatic heterocycles. The molecule has 0 spiro atoms. The van der Waals surface area contributed by atoms with Crippen molar-refractivity contribution in [3.63, 3.8) is 0 Å². The van der Waals surface area contributed by atoms with E-state index in [1.165, 1.54) is 48.0 Å². The molecular formula is C40H24N2S. The monoisotopic (exact) mass is 564 g/mol. The second kappa shape index (κ2) is 9.59. The number of para-hydroxylation sites is 1. The first-order chi connectivity index (χ1) is 21.3. The molecule has 0 saturated carbocycles. The van der Waals surface area contributed by atoms with Gasteiger partial charge in [-0.1, -0.05) is 127 Å². The van der Waals surface area contributed by atoms with Crippen molar-refractivity contribution in [3.05, 3.63) is 146 Å². The molecular weight excluding hydrogens is 541 g/mol. The normalized spacial score (nSPS) is 11.7. The first-order valence-electron chi connectivity index (χ1n) is 14.5. The summed E-state index contributed by atoms with van der Waals surface area (Å²) in [5.74, 6) is 0. The number of benzene rings is 7. The minimum Gasteiger partial charge on any atom is -0.247 e. The number of hydrogen-bond acceptors (Lipinski definition) is 3. The molecule has 0 N–H and O–H groups in total. The molecule has 0 radical (unpaired) electrons. The fraction of sp³-hybridized carbons (Fsp3) is 0. The Kier molecular flexibility index (Phi) is 5.40. The fourth-order valence-electron chi connectivity index (χ4n) is 6.47. The van der Waals surface area contributed by atoms with Gasteiger partial charge in [-0.05, 0) is 50.9 Å². The third-order valence-corrected chi connectivity index (χ3v) is 9.56. The average molecular weight is 565 g/mol. The maximum Gasteiger partial charge on any atom is 0.124 e. The molecule has 0 fully saturated rings. The second-order valence-corrected chi connectivity index (χ2v) is 12.0. The molecule has 0 saturated heterocycles. The molecule has 0 atom stereocenters. The Hall–Kier alpha value is -5.38. The van der Waals surface area contributed by atoms with E-state index < -0.39 is 0 Å². The van der Waals surface area contributed by atoms with Crippen molar-refractivity contribution in [2.45, 2.75) is 0 Å². The highest BCUT2D eigenvalue weighted by Crippen LogP contribution is 2.43. The Morgan fingerprint density at radius 1 is 0.372 bits per heavy atom. The van der Waals surface area contributed by atoms with Gasteiger partial charge in [-0.2, -0.15) is 0 Å². The van der Waals surface area contributed by atoms with E-state index >= 15 is 0 Å². The van der Waals surface area contributed by atoms with Crippen molar-refractivity contribution in [2.75, 3.05) is 0 Å². The number of fused-ring (bicyclic) bond motifs is 9. The van der Waals surface area contributed by atoms with E-state index in [1.807, 2.05) is 6.07 Å². The summed E-state index contributed by atoms with van der Waals surface area (Å²) in [6.45, 7) is 0. The van der Waals surface area contributed by atoms with Gasteiger partial charge in [-0.3, -0.25) is 0 Å². The number of pyridine rings is 1. The summed E-state index contributed by atoms with van der Waals surface area (Å²) in [5.41, 5.74) is 7.66. The molecule has 2 heterocycles. The van der Waals surface area contributed by atoms with Gasteiger partial charge in [0.25, 0.3) is 0 Å². The Balaban J connectivity index is 1.23. The molecule has 43 heavy (non-hydrogen) atoms. The number of nitrogens with zero attached hydrogens (tertiary/aromatic N) is 2. The van der Waals surface area contributed by atoms with Crippen molar-refractivity contribution in [2.24, 2.45) is 0 Å². The SMILES string of the molecule is c1ccc(-c2nc3cc(-c4ccc(-c5nc6ccccc6c6c7ccccc7c7ccccc7c56)cc4)ccc3s2)cc1. The molecule has 0 aliphatic heterocycles. The molecule has 0 unspecified atom stereocenters.